The van der Waals surface area contributed by atoms with Crippen LogP contribution in [0.4, 0.5) is 0 Å². The summed E-state index contributed by atoms with van der Waals surface area (Å²) >= 11 is 0. The van der Waals surface area contributed by atoms with E-state index in [0.29, 0.717) is 0 Å². The standard InChI is InChI=1S/C20H28O6/c1-3-23-19(21)18(20(22)24-4-2)14-25-15-10-12-17(13-11-15)26-16-8-6-5-7-9-16/h5-9,15,17-18H,3-4,10-14H2,1-2H3. The fourth-order valence-corrected chi connectivity index (χ4v) is 2.96. The fourth-order valence-electron chi connectivity index (χ4n) is 2.96. The monoisotopic (exact) mass is 364 g/mol. The van der Waals surface area contributed by atoms with Crippen molar-refractivity contribution < 1.29 is 28.5 Å². The van der Waals surface area contributed by atoms with Gasteiger partial charge in [-0.05, 0) is 51.7 Å². The van der Waals surface area contributed by atoms with Gasteiger partial charge in [0.1, 0.15) is 5.75 Å². The van der Waals surface area contributed by atoms with Gasteiger partial charge in [0.25, 0.3) is 0 Å². The first-order chi connectivity index (χ1) is 12.6. The number of benzene rings is 1. The zero-order valence-corrected chi connectivity index (χ0v) is 15.5. The van der Waals surface area contributed by atoms with E-state index < -0.39 is 17.9 Å². The number of hydrogen-bond donors (Lipinski definition) is 0. The lowest BCUT2D eigenvalue weighted by Gasteiger charge is -2.29. The van der Waals surface area contributed by atoms with Crippen molar-refractivity contribution in [2.75, 3.05) is 19.8 Å². The van der Waals surface area contributed by atoms with Crippen LogP contribution in [0.15, 0.2) is 30.3 Å². The minimum absolute atomic E-state index is 0.00740. The molecule has 0 aromatic heterocycles. The Balaban J connectivity index is 1.77. The van der Waals surface area contributed by atoms with E-state index >= 15 is 0 Å². The molecule has 1 saturated carbocycles. The van der Waals surface area contributed by atoms with E-state index in [0.717, 1.165) is 31.4 Å². The van der Waals surface area contributed by atoms with Crippen LogP contribution in [-0.2, 0) is 23.8 Å². The van der Waals surface area contributed by atoms with Crippen molar-refractivity contribution in [3.63, 3.8) is 0 Å². The van der Waals surface area contributed by atoms with E-state index in [2.05, 4.69) is 0 Å². The maximum absolute atomic E-state index is 12.0. The molecular formula is C20H28O6. The topological polar surface area (TPSA) is 71.1 Å². The van der Waals surface area contributed by atoms with Gasteiger partial charge in [0, 0.05) is 0 Å². The van der Waals surface area contributed by atoms with Gasteiger partial charge in [-0.2, -0.15) is 0 Å². The van der Waals surface area contributed by atoms with Gasteiger partial charge in [0.15, 0.2) is 5.92 Å². The van der Waals surface area contributed by atoms with Crippen molar-refractivity contribution in [3.05, 3.63) is 30.3 Å². The van der Waals surface area contributed by atoms with Crippen molar-refractivity contribution >= 4 is 11.9 Å². The predicted octanol–water partition coefficient (Wildman–Crippen LogP) is 3.14. The molecule has 0 spiro atoms. The number of para-hydroxylation sites is 1. The van der Waals surface area contributed by atoms with Crippen LogP contribution in [0.3, 0.4) is 0 Å². The van der Waals surface area contributed by atoms with E-state index in [-0.39, 0.29) is 32.0 Å². The summed E-state index contributed by atoms with van der Waals surface area (Å²) in [6.07, 6.45) is 3.60. The summed E-state index contributed by atoms with van der Waals surface area (Å²) in [6, 6.07) is 9.77. The van der Waals surface area contributed by atoms with Gasteiger partial charge >= 0.3 is 11.9 Å². The molecule has 0 saturated heterocycles. The quantitative estimate of drug-likeness (QED) is 0.495. The molecule has 6 heteroatoms. The van der Waals surface area contributed by atoms with Crippen molar-refractivity contribution in [1.82, 2.24) is 0 Å². The van der Waals surface area contributed by atoms with Crippen molar-refractivity contribution in [2.24, 2.45) is 5.92 Å². The Labute approximate surface area is 154 Å². The second kappa shape index (κ2) is 10.8. The highest BCUT2D eigenvalue weighted by molar-refractivity contribution is 5.95. The summed E-state index contributed by atoms with van der Waals surface area (Å²) in [4.78, 5) is 23.9. The molecule has 6 nitrogen and oxygen atoms in total. The molecule has 1 fully saturated rings. The van der Waals surface area contributed by atoms with Gasteiger partial charge in [0.2, 0.25) is 0 Å². The molecule has 0 unspecified atom stereocenters. The van der Waals surface area contributed by atoms with Gasteiger partial charge in [-0.25, -0.2) is 0 Å². The largest absolute Gasteiger partial charge is 0.490 e. The molecule has 0 radical (unpaired) electrons. The highest BCUT2D eigenvalue weighted by Crippen LogP contribution is 2.26. The smallest absolute Gasteiger partial charge is 0.322 e. The average molecular weight is 364 g/mol. The van der Waals surface area contributed by atoms with Crippen LogP contribution >= 0.6 is 0 Å². The first kappa shape index (κ1) is 20.2. The van der Waals surface area contributed by atoms with Crippen LogP contribution < -0.4 is 4.74 Å². The Bertz CT molecular complexity index is 533. The second-order valence-corrected chi connectivity index (χ2v) is 6.22. The Morgan fingerprint density at radius 2 is 1.46 bits per heavy atom. The average Bonchev–Trinajstić information content (AvgIpc) is 2.64. The minimum atomic E-state index is -1.02. The van der Waals surface area contributed by atoms with E-state index in [1.165, 1.54) is 0 Å². The van der Waals surface area contributed by atoms with Crippen molar-refractivity contribution in [3.8, 4) is 5.75 Å². The molecule has 1 aromatic rings. The molecule has 1 aliphatic rings. The van der Waals surface area contributed by atoms with E-state index in [9.17, 15) is 9.59 Å². The Morgan fingerprint density at radius 3 is 2.00 bits per heavy atom. The third-order valence-corrected chi connectivity index (χ3v) is 4.31. The van der Waals surface area contributed by atoms with Crippen LogP contribution in [-0.4, -0.2) is 44.0 Å². The molecule has 0 heterocycles. The molecule has 2 rings (SSSR count). The zero-order chi connectivity index (χ0) is 18.8. The van der Waals surface area contributed by atoms with Crippen LogP contribution in [0.5, 0.6) is 5.75 Å². The zero-order valence-electron chi connectivity index (χ0n) is 15.5. The molecule has 144 valence electrons. The first-order valence-electron chi connectivity index (χ1n) is 9.30. The number of rotatable bonds is 9. The SMILES string of the molecule is CCOC(=O)C(COC1CCC(Oc2ccccc2)CC1)C(=O)OCC. The lowest BCUT2D eigenvalue weighted by Crippen LogP contribution is -2.35. The Morgan fingerprint density at radius 1 is 0.923 bits per heavy atom. The van der Waals surface area contributed by atoms with Gasteiger partial charge in [0.05, 0.1) is 32.0 Å². The normalized spacial score (nSPS) is 19.8. The number of esters is 2. The first-order valence-corrected chi connectivity index (χ1v) is 9.30. The van der Waals surface area contributed by atoms with Gasteiger partial charge in [-0.3, -0.25) is 9.59 Å². The predicted molar refractivity (Wildman–Crippen MR) is 95.8 cm³/mol. The maximum Gasteiger partial charge on any atom is 0.322 e. The molecule has 0 atom stereocenters. The fraction of sp³-hybridized carbons (Fsp3) is 0.600. The summed E-state index contributed by atoms with van der Waals surface area (Å²) in [5, 5.41) is 0. The third-order valence-electron chi connectivity index (χ3n) is 4.31. The van der Waals surface area contributed by atoms with E-state index in [1.807, 2.05) is 30.3 Å². The van der Waals surface area contributed by atoms with Gasteiger partial charge < -0.3 is 18.9 Å². The minimum Gasteiger partial charge on any atom is -0.490 e. The lowest BCUT2D eigenvalue weighted by molar-refractivity contribution is -0.166. The van der Waals surface area contributed by atoms with Crippen molar-refractivity contribution in [1.29, 1.82) is 0 Å². The van der Waals surface area contributed by atoms with E-state index in [4.69, 9.17) is 18.9 Å². The highest BCUT2D eigenvalue weighted by atomic mass is 16.6. The molecule has 26 heavy (non-hydrogen) atoms. The maximum atomic E-state index is 12.0. The summed E-state index contributed by atoms with van der Waals surface area (Å²) in [7, 11) is 0. The number of carbonyl (C=O) groups is 2. The lowest BCUT2D eigenvalue weighted by atomic mass is 9.94. The van der Waals surface area contributed by atoms with E-state index in [1.54, 1.807) is 13.8 Å². The van der Waals surface area contributed by atoms with Crippen LogP contribution in [0.2, 0.25) is 0 Å². The summed E-state index contributed by atoms with van der Waals surface area (Å²) in [6.45, 7) is 3.84. The number of ether oxygens (including phenoxy) is 4. The molecule has 0 amide bonds. The number of hydrogen-bond acceptors (Lipinski definition) is 6. The highest BCUT2D eigenvalue weighted by Gasteiger charge is 2.32. The summed E-state index contributed by atoms with van der Waals surface area (Å²) < 4.78 is 21.7. The van der Waals surface area contributed by atoms with Gasteiger partial charge in [-0.1, -0.05) is 18.2 Å². The molecule has 1 aromatic carbocycles. The van der Waals surface area contributed by atoms with Crippen molar-refractivity contribution in [2.45, 2.75) is 51.7 Å². The molecule has 0 bridgehead atoms. The van der Waals surface area contributed by atoms with Gasteiger partial charge in [-0.15, -0.1) is 0 Å². The second-order valence-electron chi connectivity index (χ2n) is 6.22. The van der Waals surface area contributed by atoms with Crippen LogP contribution in [0, 0.1) is 5.92 Å². The van der Waals surface area contributed by atoms with Crippen LogP contribution in [0.1, 0.15) is 39.5 Å². The molecule has 0 N–H and O–H groups in total. The number of carbonyl (C=O) groups excluding carboxylic acids is 2. The molecule has 0 aliphatic heterocycles. The molecular weight excluding hydrogens is 336 g/mol. The summed E-state index contributed by atoms with van der Waals surface area (Å²) in [5.74, 6) is -1.33. The molecule has 1 aliphatic carbocycles. The Kier molecular flexibility index (Phi) is 8.41. The third kappa shape index (κ3) is 6.33. The Hall–Kier alpha value is -2.08. The van der Waals surface area contributed by atoms with Crippen LogP contribution in [0.25, 0.3) is 0 Å². The summed E-state index contributed by atoms with van der Waals surface area (Å²) in [5.41, 5.74) is 0.